The Hall–Kier alpha value is -3.64. The molecule has 0 radical (unpaired) electrons. The number of fused-ring (bicyclic) bond motifs is 12. The van der Waals surface area contributed by atoms with E-state index in [2.05, 4.69) is 33.5 Å². The number of nitrogens with zero attached hydrogens (tertiary/aromatic N) is 2. The van der Waals surface area contributed by atoms with E-state index in [-0.39, 0.29) is 17.9 Å². The minimum absolute atomic E-state index is 0.157. The summed E-state index contributed by atoms with van der Waals surface area (Å²) >= 11 is 0. The van der Waals surface area contributed by atoms with E-state index in [1.165, 1.54) is 0 Å². The second-order valence-electron chi connectivity index (χ2n) is 8.73. The van der Waals surface area contributed by atoms with Crippen LogP contribution >= 0.6 is 0 Å². The Balaban J connectivity index is 1.68. The number of benzene rings is 2. The smallest absolute Gasteiger partial charge is 0.259 e. The summed E-state index contributed by atoms with van der Waals surface area (Å²) in [5.74, 6) is -0.680. The molecule has 2 aliphatic rings. The van der Waals surface area contributed by atoms with E-state index in [0.29, 0.717) is 24.3 Å². The van der Waals surface area contributed by atoms with Crippen molar-refractivity contribution in [2.75, 3.05) is 6.61 Å². The molecule has 33 heavy (non-hydrogen) atoms. The van der Waals surface area contributed by atoms with Crippen LogP contribution in [0.1, 0.15) is 30.9 Å². The van der Waals surface area contributed by atoms with E-state index in [1.807, 2.05) is 48.8 Å². The van der Waals surface area contributed by atoms with Gasteiger partial charge in [-0.15, -0.1) is 0 Å². The van der Waals surface area contributed by atoms with Crippen LogP contribution in [0, 0.1) is 0 Å². The van der Waals surface area contributed by atoms with Crippen molar-refractivity contribution in [2.24, 2.45) is 0 Å². The standard InChI is InChI=1S/C27H25N3O3/c1-2-17-11-12-29-15-20(18-7-3-5-9-22(18)29)24-25(27(32)28-26(24)31)21-16-30(13-14-33-17)23-10-6-4-8-19(21)23/h3-10,15-17H,2,11-14H2,1H3,(H,28,31,32)/t17-/m0/s1. The first-order chi connectivity index (χ1) is 16.2. The van der Waals surface area contributed by atoms with Crippen molar-refractivity contribution < 1.29 is 14.3 Å². The average Bonchev–Trinajstić information content (AvgIpc) is 3.46. The summed E-state index contributed by atoms with van der Waals surface area (Å²) in [5.41, 5.74) is 4.57. The predicted molar refractivity (Wildman–Crippen MR) is 128 cm³/mol. The first-order valence-corrected chi connectivity index (χ1v) is 11.5. The number of para-hydroxylation sites is 2. The molecule has 6 nitrogen and oxygen atoms in total. The third-order valence-corrected chi connectivity index (χ3v) is 6.88. The third kappa shape index (κ3) is 3.13. The maximum absolute atomic E-state index is 13.1. The third-order valence-electron chi connectivity index (χ3n) is 6.88. The van der Waals surface area contributed by atoms with E-state index < -0.39 is 0 Å². The minimum atomic E-state index is -0.343. The number of hydrogen-bond acceptors (Lipinski definition) is 3. The van der Waals surface area contributed by atoms with Gasteiger partial charge in [-0.2, -0.15) is 0 Å². The van der Waals surface area contributed by atoms with Gasteiger partial charge in [0.1, 0.15) is 0 Å². The van der Waals surface area contributed by atoms with Crippen molar-refractivity contribution in [1.82, 2.24) is 14.5 Å². The molecule has 2 aromatic carbocycles. The average molecular weight is 440 g/mol. The molecule has 4 bridgehead atoms. The van der Waals surface area contributed by atoms with Crippen molar-refractivity contribution in [3.8, 4) is 0 Å². The monoisotopic (exact) mass is 439 g/mol. The molecular formula is C27H25N3O3. The molecule has 0 saturated heterocycles. The van der Waals surface area contributed by atoms with Crippen LogP contribution in [-0.4, -0.2) is 33.7 Å². The van der Waals surface area contributed by atoms with Crippen LogP contribution in [0.15, 0.2) is 60.9 Å². The predicted octanol–water partition coefficient (Wildman–Crippen LogP) is 4.36. The van der Waals surface area contributed by atoms with Crippen LogP contribution < -0.4 is 5.32 Å². The van der Waals surface area contributed by atoms with Gasteiger partial charge >= 0.3 is 0 Å². The molecule has 0 spiro atoms. The van der Waals surface area contributed by atoms with Crippen LogP contribution in [-0.2, 0) is 27.4 Å². The highest BCUT2D eigenvalue weighted by molar-refractivity contribution is 6.50. The zero-order chi connectivity index (χ0) is 22.5. The van der Waals surface area contributed by atoms with E-state index in [9.17, 15) is 9.59 Å². The number of amides is 2. The van der Waals surface area contributed by atoms with Crippen LogP contribution in [0.3, 0.4) is 0 Å². The van der Waals surface area contributed by atoms with Crippen LogP contribution in [0.25, 0.3) is 33.0 Å². The van der Waals surface area contributed by atoms with Gasteiger partial charge in [-0.05, 0) is 25.0 Å². The van der Waals surface area contributed by atoms with E-state index in [1.54, 1.807) is 0 Å². The lowest BCUT2D eigenvalue weighted by Gasteiger charge is -2.17. The number of carbonyl (C=O) groups is 2. The van der Waals surface area contributed by atoms with Crippen LogP contribution in [0.4, 0.5) is 0 Å². The molecule has 4 heterocycles. The molecule has 6 heteroatoms. The molecule has 1 atom stereocenters. The summed E-state index contributed by atoms with van der Waals surface area (Å²) in [6.45, 7) is 4.21. The number of nitrogens with one attached hydrogen (secondary N) is 1. The summed E-state index contributed by atoms with van der Waals surface area (Å²) in [6.07, 6.45) is 5.99. The second kappa shape index (κ2) is 7.74. The fourth-order valence-corrected chi connectivity index (χ4v) is 5.24. The van der Waals surface area contributed by atoms with Crippen molar-refractivity contribution in [1.29, 1.82) is 0 Å². The fourth-order valence-electron chi connectivity index (χ4n) is 5.24. The first kappa shape index (κ1) is 20.0. The maximum Gasteiger partial charge on any atom is 0.259 e. The van der Waals surface area contributed by atoms with Gasteiger partial charge in [0.25, 0.3) is 11.8 Å². The van der Waals surface area contributed by atoms with Gasteiger partial charge in [-0.25, -0.2) is 0 Å². The van der Waals surface area contributed by atoms with Gasteiger partial charge in [0.05, 0.1) is 23.9 Å². The molecular weight excluding hydrogens is 414 g/mol. The first-order valence-electron chi connectivity index (χ1n) is 11.5. The Labute approximate surface area is 191 Å². The van der Waals surface area contributed by atoms with Gasteiger partial charge in [-0.1, -0.05) is 43.3 Å². The number of aryl methyl sites for hydroxylation is 1. The number of carbonyl (C=O) groups excluding carboxylic acids is 2. The highest BCUT2D eigenvalue weighted by atomic mass is 16.5. The number of rotatable bonds is 1. The molecule has 4 aromatic rings. The van der Waals surface area contributed by atoms with E-state index in [0.717, 1.165) is 52.3 Å². The summed E-state index contributed by atoms with van der Waals surface area (Å²) in [4.78, 5) is 26.2. The molecule has 1 N–H and O–H groups in total. The van der Waals surface area contributed by atoms with Crippen molar-refractivity contribution in [3.63, 3.8) is 0 Å². The van der Waals surface area contributed by atoms with Gasteiger partial charge in [0, 0.05) is 58.4 Å². The lowest BCUT2D eigenvalue weighted by Crippen LogP contribution is -2.22. The van der Waals surface area contributed by atoms with Gasteiger partial charge in [0.2, 0.25) is 0 Å². The lowest BCUT2D eigenvalue weighted by molar-refractivity contribution is -0.122. The van der Waals surface area contributed by atoms with Crippen molar-refractivity contribution in [2.45, 2.75) is 39.0 Å². The van der Waals surface area contributed by atoms with E-state index >= 15 is 0 Å². The normalized spacial score (nSPS) is 19.1. The molecule has 0 unspecified atom stereocenters. The molecule has 2 aliphatic heterocycles. The highest BCUT2D eigenvalue weighted by Gasteiger charge is 2.35. The molecule has 6 rings (SSSR count). The fraction of sp³-hybridized carbons (Fsp3) is 0.259. The van der Waals surface area contributed by atoms with Crippen LogP contribution in [0.5, 0.6) is 0 Å². The van der Waals surface area contributed by atoms with Crippen LogP contribution in [0.2, 0.25) is 0 Å². The Morgan fingerprint density at radius 2 is 1.39 bits per heavy atom. The van der Waals surface area contributed by atoms with Gasteiger partial charge in [0.15, 0.2) is 0 Å². The minimum Gasteiger partial charge on any atom is -0.376 e. The molecule has 0 fully saturated rings. The van der Waals surface area contributed by atoms with E-state index in [4.69, 9.17) is 4.74 Å². The Kier molecular flexibility index (Phi) is 4.69. The summed E-state index contributed by atoms with van der Waals surface area (Å²) in [5, 5.41) is 4.49. The number of imide groups is 1. The number of aromatic nitrogens is 2. The van der Waals surface area contributed by atoms with Gasteiger partial charge < -0.3 is 13.9 Å². The molecule has 0 saturated carbocycles. The number of ether oxygens (including phenoxy) is 1. The lowest BCUT2D eigenvalue weighted by atomic mass is 9.95. The highest BCUT2D eigenvalue weighted by Crippen LogP contribution is 2.39. The summed E-state index contributed by atoms with van der Waals surface area (Å²) in [6, 6.07) is 16.1. The largest absolute Gasteiger partial charge is 0.376 e. The maximum atomic E-state index is 13.1. The SMILES string of the molecule is CC[C@H]1CCn2cc(c3ccccc32)C2=C(C(=O)NC2=O)c2cn(c3ccccc23)CCO1. The zero-order valence-electron chi connectivity index (χ0n) is 18.5. The zero-order valence-corrected chi connectivity index (χ0v) is 18.5. The Morgan fingerprint density at radius 1 is 0.848 bits per heavy atom. The van der Waals surface area contributed by atoms with Gasteiger partial charge in [-0.3, -0.25) is 14.9 Å². The molecule has 2 aromatic heterocycles. The quantitative estimate of drug-likeness (QED) is 0.448. The number of hydrogen-bond donors (Lipinski definition) is 1. The van der Waals surface area contributed by atoms with Crippen molar-refractivity contribution in [3.05, 3.63) is 72.1 Å². The summed E-state index contributed by atoms with van der Waals surface area (Å²) in [7, 11) is 0. The molecule has 166 valence electrons. The molecule has 2 amide bonds. The topological polar surface area (TPSA) is 65.3 Å². The Morgan fingerprint density at radius 3 is 1.97 bits per heavy atom. The Bertz CT molecular complexity index is 1460. The molecule has 0 aliphatic carbocycles. The second-order valence-corrected chi connectivity index (χ2v) is 8.73. The van der Waals surface area contributed by atoms with Crippen molar-refractivity contribution >= 4 is 44.8 Å². The summed E-state index contributed by atoms with van der Waals surface area (Å²) < 4.78 is 10.6.